The van der Waals surface area contributed by atoms with Crippen molar-refractivity contribution in [1.82, 2.24) is 5.32 Å². The van der Waals surface area contributed by atoms with Gasteiger partial charge in [0, 0.05) is 29.6 Å². The van der Waals surface area contributed by atoms with Crippen LogP contribution in [0.15, 0.2) is 24.3 Å². The molecule has 2 rings (SSSR count). The Hall–Kier alpha value is -0.820. The number of nitrogens with one attached hydrogen (secondary N) is 1. The first-order valence-electron chi connectivity index (χ1n) is 6.32. The summed E-state index contributed by atoms with van der Waals surface area (Å²) in [6, 6.07) is 7.07. The van der Waals surface area contributed by atoms with Gasteiger partial charge in [-0.2, -0.15) is 0 Å². The van der Waals surface area contributed by atoms with E-state index in [2.05, 4.69) is 5.32 Å². The molecule has 1 saturated heterocycles. The average molecular weight is 353 g/mol. The summed E-state index contributed by atoms with van der Waals surface area (Å²) in [6.07, 6.45) is 1.71. The lowest BCUT2D eigenvalue weighted by Crippen LogP contribution is -2.54. The van der Waals surface area contributed by atoms with E-state index in [4.69, 9.17) is 11.6 Å². The van der Waals surface area contributed by atoms with Gasteiger partial charge in [0.15, 0.2) is 0 Å². The Kier molecular flexibility index (Phi) is 6.46. The summed E-state index contributed by atoms with van der Waals surface area (Å²) in [5, 5.41) is 3.64. The number of piperazine rings is 1. The third kappa shape index (κ3) is 5.47. The van der Waals surface area contributed by atoms with Crippen LogP contribution >= 0.6 is 24.0 Å². The summed E-state index contributed by atoms with van der Waals surface area (Å²) >= 11 is 5.94. The molecule has 21 heavy (non-hydrogen) atoms. The van der Waals surface area contributed by atoms with Crippen LogP contribution in [-0.2, 0) is 14.6 Å². The van der Waals surface area contributed by atoms with E-state index in [-0.39, 0.29) is 36.7 Å². The lowest BCUT2D eigenvalue weighted by Gasteiger charge is -2.33. The molecule has 1 unspecified atom stereocenters. The minimum absolute atomic E-state index is 0. The molecule has 0 saturated carbocycles. The first-order chi connectivity index (χ1) is 9.35. The molecule has 1 aliphatic heterocycles. The largest absolute Gasteiger partial charge is 0.310 e. The van der Waals surface area contributed by atoms with Crippen molar-refractivity contribution < 1.29 is 13.2 Å². The SMILES string of the molecule is CS(=O)(=O)CCC1CN(c2cccc(Cl)c2)C(=O)CN1.Cl. The highest BCUT2D eigenvalue weighted by atomic mass is 35.5. The van der Waals surface area contributed by atoms with Gasteiger partial charge in [-0.25, -0.2) is 8.42 Å². The van der Waals surface area contributed by atoms with Crippen molar-refractivity contribution in [2.45, 2.75) is 12.5 Å². The highest BCUT2D eigenvalue weighted by molar-refractivity contribution is 7.90. The molecule has 1 heterocycles. The van der Waals surface area contributed by atoms with Crippen LogP contribution in [0.1, 0.15) is 6.42 Å². The van der Waals surface area contributed by atoms with Gasteiger partial charge in [0.05, 0.1) is 12.3 Å². The second-order valence-corrected chi connectivity index (χ2v) is 7.68. The fraction of sp³-hybridized carbons (Fsp3) is 0.462. The third-order valence-electron chi connectivity index (χ3n) is 3.20. The van der Waals surface area contributed by atoms with Crippen LogP contribution in [0.4, 0.5) is 5.69 Å². The zero-order valence-corrected chi connectivity index (χ0v) is 14.0. The van der Waals surface area contributed by atoms with Crippen LogP contribution in [0, 0.1) is 0 Å². The van der Waals surface area contributed by atoms with Gasteiger partial charge in [0.1, 0.15) is 9.84 Å². The van der Waals surface area contributed by atoms with Crippen molar-refractivity contribution in [2.24, 2.45) is 0 Å². The fourth-order valence-corrected chi connectivity index (χ4v) is 3.05. The Labute approximate surface area is 136 Å². The van der Waals surface area contributed by atoms with Gasteiger partial charge in [-0.1, -0.05) is 17.7 Å². The molecule has 1 N–H and O–H groups in total. The van der Waals surface area contributed by atoms with E-state index < -0.39 is 9.84 Å². The Balaban J connectivity index is 0.00000220. The molecule has 1 aromatic rings. The van der Waals surface area contributed by atoms with Gasteiger partial charge in [0.25, 0.3) is 0 Å². The number of rotatable bonds is 4. The molecular formula is C13H18Cl2N2O3S. The van der Waals surface area contributed by atoms with E-state index in [0.717, 1.165) is 5.69 Å². The van der Waals surface area contributed by atoms with Gasteiger partial charge >= 0.3 is 0 Å². The smallest absolute Gasteiger partial charge is 0.240 e. The Morgan fingerprint density at radius 3 is 2.76 bits per heavy atom. The highest BCUT2D eigenvalue weighted by Crippen LogP contribution is 2.21. The second-order valence-electron chi connectivity index (χ2n) is 4.98. The van der Waals surface area contributed by atoms with E-state index in [9.17, 15) is 13.2 Å². The van der Waals surface area contributed by atoms with E-state index in [1.165, 1.54) is 6.26 Å². The predicted octanol–water partition coefficient (Wildman–Crippen LogP) is 1.50. The first-order valence-corrected chi connectivity index (χ1v) is 8.76. The highest BCUT2D eigenvalue weighted by Gasteiger charge is 2.26. The number of carbonyl (C=O) groups excluding carboxylic acids is 1. The third-order valence-corrected chi connectivity index (χ3v) is 4.42. The van der Waals surface area contributed by atoms with Gasteiger partial charge < -0.3 is 10.2 Å². The van der Waals surface area contributed by atoms with Crippen molar-refractivity contribution in [3.05, 3.63) is 29.3 Å². The van der Waals surface area contributed by atoms with E-state index in [0.29, 0.717) is 18.0 Å². The Bertz CT molecular complexity index is 607. The van der Waals surface area contributed by atoms with Crippen LogP contribution in [-0.4, -0.2) is 45.5 Å². The maximum Gasteiger partial charge on any atom is 0.240 e. The molecule has 8 heteroatoms. The lowest BCUT2D eigenvalue weighted by molar-refractivity contribution is -0.119. The van der Waals surface area contributed by atoms with Crippen LogP contribution in [0.5, 0.6) is 0 Å². The van der Waals surface area contributed by atoms with Gasteiger partial charge in [-0.3, -0.25) is 4.79 Å². The topological polar surface area (TPSA) is 66.5 Å². The zero-order chi connectivity index (χ0) is 14.8. The van der Waals surface area contributed by atoms with Crippen LogP contribution in [0.2, 0.25) is 5.02 Å². The summed E-state index contributed by atoms with van der Waals surface area (Å²) in [4.78, 5) is 13.6. The molecule has 0 spiro atoms. The monoisotopic (exact) mass is 352 g/mol. The summed E-state index contributed by atoms with van der Waals surface area (Å²) in [5.41, 5.74) is 0.744. The van der Waals surface area contributed by atoms with Gasteiger partial charge in [-0.05, 0) is 24.6 Å². The molecule has 0 bridgehead atoms. The standard InChI is InChI=1S/C13H17ClN2O3S.ClH/c1-20(18,19)6-5-11-9-16(13(17)8-15-11)12-4-2-3-10(14)7-12;/h2-4,7,11,15H,5-6,8-9H2,1H3;1H. The minimum atomic E-state index is -2.99. The van der Waals surface area contributed by atoms with Crippen molar-refractivity contribution in [3.63, 3.8) is 0 Å². The number of benzene rings is 1. The number of sulfone groups is 1. The Morgan fingerprint density at radius 1 is 1.43 bits per heavy atom. The second kappa shape index (κ2) is 7.45. The molecule has 1 amide bonds. The quantitative estimate of drug-likeness (QED) is 0.891. The molecule has 0 radical (unpaired) electrons. The predicted molar refractivity (Wildman–Crippen MR) is 87.2 cm³/mol. The number of hydrogen-bond acceptors (Lipinski definition) is 4. The number of hydrogen-bond donors (Lipinski definition) is 1. The molecule has 0 aromatic heterocycles. The van der Waals surface area contributed by atoms with Crippen LogP contribution < -0.4 is 10.2 Å². The summed E-state index contributed by atoms with van der Waals surface area (Å²) < 4.78 is 22.4. The molecule has 1 aliphatic rings. The number of halogens is 2. The van der Waals surface area contributed by atoms with E-state index in [1.54, 1.807) is 23.1 Å². The normalized spacial score (nSPS) is 19.2. The average Bonchev–Trinajstić information content (AvgIpc) is 2.37. The molecular weight excluding hydrogens is 335 g/mol. The van der Waals surface area contributed by atoms with Gasteiger partial charge in [-0.15, -0.1) is 12.4 Å². The zero-order valence-electron chi connectivity index (χ0n) is 11.6. The van der Waals surface area contributed by atoms with Crippen molar-refractivity contribution in [3.8, 4) is 0 Å². The summed E-state index contributed by atoms with van der Waals surface area (Å²) in [7, 11) is -2.99. The van der Waals surface area contributed by atoms with Crippen molar-refractivity contribution >= 4 is 45.4 Å². The molecule has 1 aromatic carbocycles. The molecule has 118 valence electrons. The van der Waals surface area contributed by atoms with Crippen LogP contribution in [0.25, 0.3) is 0 Å². The number of anilines is 1. The maximum absolute atomic E-state index is 12.0. The molecule has 5 nitrogen and oxygen atoms in total. The lowest BCUT2D eigenvalue weighted by atomic mass is 10.1. The molecule has 1 atom stereocenters. The van der Waals surface area contributed by atoms with E-state index in [1.807, 2.05) is 6.07 Å². The maximum atomic E-state index is 12.0. The molecule has 1 fully saturated rings. The van der Waals surface area contributed by atoms with Crippen molar-refractivity contribution in [1.29, 1.82) is 0 Å². The summed E-state index contributed by atoms with van der Waals surface area (Å²) in [5.74, 6) is 0.0743. The number of nitrogens with zero attached hydrogens (tertiary/aromatic N) is 1. The van der Waals surface area contributed by atoms with E-state index >= 15 is 0 Å². The minimum Gasteiger partial charge on any atom is -0.310 e. The number of carbonyl (C=O) groups is 1. The Morgan fingerprint density at radius 2 is 2.14 bits per heavy atom. The fourth-order valence-electron chi connectivity index (χ4n) is 2.16. The first kappa shape index (κ1) is 18.2. The molecule has 0 aliphatic carbocycles. The van der Waals surface area contributed by atoms with Gasteiger partial charge in [0.2, 0.25) is 5.91 Å². The summed E-state index contributed by atoms with van der Waals surface area (Å²) in [6.45, 7) is 0.662. The number of amides is 1. The van der Waals surface area contributed by atoms with Crippen LogP contribution in [0.3, 0.4) is 0 Å². The van der Waals surface area contributed by atoms with Crippen molar-refractivity contribution in [2.75, 3.05) is 30.0 Å².